The molecule has 0 atom stereocenters. The largest absolute Gasteiger partial charge is 0.352 e. The minimum Gasteiger partial charge on any atom is -0.352 e. The molecule has 112 valence electrons. The van der Waals surface area contributed by atoms with E-state index in [4.69, 9.17) is 11.6 Å². The van der Waals surface area contributed by atoms with Crippen LogP contribution in [0.1, 0.15) is 52.3 Å². The van der Waals surface area contributed by atoms with E-state index in [0.717, 1.165) is 12.8 Å². The van der Waals surface area contributed by atoms with Gasteiger partial charge in [-0.3, -0.25) is 14.2 Å². The molecule has 20 heavy (non-hydrogen) atoms. The topological polar surface area (TPSA) is 64.0 Å². The molecule has 0 aromatic carbocycles. The summed E-state index contributed by atoms with van der Waals surface area (Å²) < 4.78 is 1.38. The zero-order valence-corrected chi connectivity index (χ0v) is 13.2. The van der Waals surface area contributed by atoms with Gasteiger partial charge < -0.3 is 5.32 Å². The maximum Gasteiger partial charge on any atom is 0.255 e. The SMILES string of the molecule is CCC(CC)NC(=O)Cn1c(C(C)C)nc(Cl)cc1=O. The summed E-state index contributed by atoms with van der Waals surface area (Å²) >= 11 is 5.81. The lowest BCUT2D eigenvalue weighted by molar-refractivity contribution is -0.122. The minimum atomic E-state index is -0.298. The second-order valence-electron chi connectivity index (χ2n) is 5.10. The normalized spacial score (nSPS) is 11.2. The Labute approximate surface area is 124 Å². The van der Waals surface area contributed by atoms with Crippen molar-refractivity contribution < 1.29 is 4.79 Å². The third kappa shape index (κ3) is 4.34. The Bertz CT molecular complexity index is 522. The fourth-order valence-electron chi connectivity index (χ4n) is 2.00. The molecule has 1 aromatic rings. The molecule has 0 unspecified atom stereocenters. The van der Waals surface area contributed by atoms with Gasteiger partial charge in [0, 0.05) is 18.0 Å². The number of hydrogen-bond donors (Lipinski definition) is 1. The first-order valence-electron chi connectivity index (χ1n) is 6.95. The van der Waals surface area contributed by atoms with E-state index in [-0.39, 0.29) is 35.1 Å². The van der Waals surface area contributed by atoms with Crippen LogP contribution in [-0.2, 0) is 11.3 Å². The van der Waals surface area contributed by atoms with Crippen molar-refractivity contribution in [2.45, 2.75) is 59.0 Å². The molecule has 0 radical (unpaired) electrons. The summed E-state index contributed by atoms with van der Waals surface area (Å²) in [6.07, 6.45) is 1.74. The third-order valence-corrected chi connectivity index (χ3v) is 3.37. The van der Waals surface area contributed by atoms with Crippen molar-refractivity contribution in [1.29, 1.82) is 0 Å². The third-order valence-electron chi connectivity index (χ3n) is 3.18. The molecule has 6 heteroatoms. The van der Waals surface area contributed by atoms with E-state index in [0.29, 0.717) is 5.82 Å². The zero-order valence-electron chi connectivity index (χ0n) is 12.4. The van der Waals surface area contributed by atoms with Crippen LogP contribution >= 0.6 is 11.6 Å². The Hall–Kier alpha value is -1.36. The van der Waals surface area contributed by atoms with Gasteiger partial charge in [-0.2, -0.15) is 0 Å². The molecule has 5 nitrogen and oxygen atoms in total. The monoisotopic (exact) mass is 299 g/mol. The van der Waals surface area contributed by atoms with Crippen molar-refractivity contribution in [2.24, 2.45) is 0 Å². The Morgan fingerprint density at radius 1 is 1.40 bits per heavy atom. The van der Waals surface area contributed by atoms with Gasteiger partial charge >= 0.3 is 0 Å². The van der Waals surface area contributed by atoms with Crippen molar-refractivity contribution in [2.75, 3.05) is 0 Å². The van der Waals surface area contributed by atoms with E-state index in [1.807, 2.05) is 27.7 Å². The summed E-state index contributed by atoms with van der Waals surface area (Å²) in [7, 11) is 0. The van der Waals surface area contributed by atoms with Gasteiger partial charge in [-0.1, -0.05) is 39.3 Å². The van der Waals surface area contributed by atoms with Crippen LogP contribution in [0, 0.1) is 0 Å². The number of carbonyl (C=O) groups is 1. The Morgan fingerprint density at radius 2 is 2.00 bits per heavy atom. The van der Waals surface area contributed by atoms with Crippen molar-refractivity contribution in [3.63, 3.8) is 0 Å². The molecule has 1 amide bonds. The highest BCUT2D eigenvalue weighted by Gasteiger charge is 2.15. The van der Waals surface area contributed by atoms with Crippen molar-refractivity contribution in [1.82, 2.24) is 14.9 Å². The summed E-state index contributed by atoms with van der Waals surface area (Å²) in [5.41, 5.74) is -0.298. The van der Waals surface area contributed by atoms with Crippen LogP contribution < -0.4 is 10.9 Å². The summed E-state index contributed by atoms with van der Waals surface area (Å²) in [4.78, 5) is 28.2. The van der Waals surface area contributed by atoms with Crippen molar-refractivity contribution in [3.8, 4) is 0 Å². The molecular weight excluding hydrogens is 278 g/mol. The first-order chi connectivity index (χ1) is 9.38. The quantitative estimate of drug-likeness (QED) is 0.820. The van der Waals surface area contributed by atoms with Gasteiger partial charge in [0.2, 0.25) is 5.91 Å². The van der Waals surface area contributed by atoms with Crippen LogP contribution in [0.4, 0.5) is 0 Å². The molecule has 1 heterocycles. The highest BCUT2D eigenvalue weighted by atomic mass is 35.5. The van der Waals surface area contributed by atoms with Crippen LogP contribution in [0.2, 0.25) is 5.15 Å². The fraction of sp³-hybridized carbons (Fsp3) is 0.643. The summed E-state index contributed by atoms with van der Waals surface area (Å²) in [6, 6.07) is 1.37. The molecule has 0 bridgehead atoms. The van der Waals surface area contributed by atoms with Crippen LogP contribution in [0.3, 0.4) is 0 Å². The average molecular weight is 300 g/mol. The standard InChI is InChI=1S/C14H22ClN3O2/c1-5-10(6-2)16-12(19)8-18-13(20)7-11(15)17-14(18)9(3)4/h7,9-10H,5-6,8H2,1-4H3,(H,16,19). The molecule has 0 fully saturated rings. The van der Waals surface area contributed by atoms with E-state index in [2.05, 4.69) is 10.3 Å². The summed E-state index contributed by atoms with van der Waals surface area (Å²) in [6.45, 7) is 7.84. The number of halogens is 1. The molecule has 0 aliphatic rings. The number of rotatable bonds is 6. The van der Waals surface area contributed by atoms with E-state index in [1.54, 1.807) is 0 Å². The highest BCUT2D eigenvalue weighted by Crippen LogP contribution is 2.12. The average Bonchev–Trinajstić information content (AvgIpc) is 2.38. The van der Waals surface area contributed by atoms with Gasteiger partial charge in [0.05, 0.1) is 0 Å². The van der Waals surface area contributed by atoms with E-state index < -0.39 is 0 Å². The second-order valence-corrected chi connectivity index (χ2v) is 5.48. The Kier molecular flexibility index (Phi) is 6.20. The van der Waals surface area contributed by atoms with E-state index in [1.165, 1.54) is 10.6 Å². The van der Waals surface area contributed by atoms with Crippen LogP contribution in [0.25, 0.3) is 0 Å². The summed E-state index contributed by atoms with van der Waals surface area (Å²) in [5, 5.41) is 3.08. The van der Waals surface area contributed by atoms with E-state index >= 15 is 0 Å². The molecule has 0 saturated heterocycles. The molecule has 1 N–H and O–H groups in total. The minimum absolute atomic E-state index is 0.0161. The van der Waals surface area contributed by atoms with Crippen molar-refractivity contribution >= 4 is 17.5 Å². The molecule has 1 rings (SSSR count). The molecular formula is C14H22ClN3O2. The lowest BCUT2D eigenvalue weighted by atomic mass is 10.1. The predicted molar refractivity (Wildman–Crippen MR) is 80.1 cm³/mol. The first-order valence-corrected chi connectivity index (χ1v) is 7.33. The molecule has 0 aliphatic heterocycles. The van der Waals surface area contributed by atoms with Gasteiger partial charge in [0.25, 0.3) is 5.56 Å². The smallest absolute Gasteiger partial charge is 0.255 e. The number of carbonyl (C=O) groups excluding carboxylic acids is 1. The molecule has 0 saturated carbocycles. The Balaban J connectivity index is 2.97. The molecule has 0 spiro atoms. The number of aromatic nitrogens is 2. The lowest BCUT2D eigenvalue weighted by Crippen LogP contribution is -2.39. The lowest BCUT2D eigenvalue weighted by Gasteiger charge is -2.17. The number of amides is 1. The first kappa shape index (κ1) is 16.7. The van der Waals surface area contributed by atoms with Crippen LogP contribution in [-0.4, -0.2) is 21.5 Å². The van der Waals surface area contributed by atoms with Gasteiger partial charge in [0.1, 0.15) is 17.5 Å². The van der Waals surface area contributed by atoms with Crippen molar-refractivity contribution in [3.05, 3.63) is 27.4 Å². The second kappa shape index (κ2) is 7.43. The number of nitrogens with one attached hydrogen (secondary N) is 1. The molecule has 0 aliphatic carbocycles. The number of nitrogens with zero attached hydrogens (tertiary/aromatic N) is 2. The number of hydrogen-bond acceptors (Lipinski definition) is 3. The van der Waals surface area contributed by atoms with E-state index in [9.17, 15) is 9.59 Å². The fourth-order valence-corrected chi connectivity index (χ4v) is 2.18. The van der Waals surface area contributed by atoms with Gasteiger partial charge in [-0.15, -0.1) is 0 Å². The molecule has 1 aromatic heterocycles. The Morgan fingerprint density at radius 3 is 2.50 bits per heavy atom. The van der Waals surface area contributed by atoms with Gasteiger partial charge in [0.15, 0.2) is 0 Å². The van der Waals surface area contributed by atoms with Gasteiger partial charge in [-0.25, -0.2) is 4.98 Å². The predicted octanol–water partition coefficient (Wildman–Crippen LogP) is 2.32. The maximum atomic E-state index is 12.0. The maximum absolute atomic E-state index is 12.0. The highest BCUT2D eigenvalue weighted by molar-refractivity contribution is 6.29. The zero-order chi connectivity index (χ0) is 15.3. The van der Waals surface area contributed by atoms with Crippen LogP contribution in [0.15, 0.2) is 10.9 Å². The summed E-state index contributed by atoms with van der Waals surface area (Å²) in [5.74, 6) is 0.372. The van der Waals surface area contributed by atoms with Crippen LogP contribution in [0.5, 0.6) is 0 Å². The van der Waals surface area contributed by atoms with Gasteiger partial charge in [-0.05, 0) is 12.8 Å².